The van der Waals surface area contributed by atoms with Crippen molar-refractivity contribution in [3.8, 4) is 0 Å². The van der Waals surface area contributed by atoms with Crippen LogP contribution in [0.3, 0.4) is 0 Å². The summed E-state index contributed by atoms with van der Waals surface area (Å²) in [5, 5.41) is 0. The summed E-state index contributed by atoms with van der Waals surface area (Å²) in [6, 6.07) is 7.41. The molecule has 0 N–H and O–H groups in total. The van der Waals surface area contributed by atoms with Gasteiger partial charge in [-0.2, -0.15) is 0 Å². The summed E-state index contributed by atoms with van der Waals surface area (Å²) >= 11 is 0. The Morgan fingerprint density at radius 2 is 2.06 bits per heavy atom. The average molecular weight is 238 g/mol. The van der Waals surface area contributed by atoms with Crippen molar-refractivity contribution in [3.05, 3.63) is 24.2 Å². The molecular weight excluding hydrogens is 216 g/mol. The normalized spacial score (nSPS) is 11.7. The van der Waals surface area contributed by atoms with Gasteiger partial charge in [0, 0.05) is 14.5 Å². The molecule has 0 saturated heterocycles. The van der Waals surface area contributed by atoms with Crippen molar-refractivity contribution in [2.24, 2.45) is 0 Å². The molecule has 2 nitrogen and oxygen atoms in total. The molecule has 0 spiro atoms. The van der Waals surface area contributed by atoms with Gasteiger partial charge in [0.05, 0.1) is 6.26 Å². The molecule has 0 unspecified atom stereocenters. The summed E-state index contributed by atoms with van der Waals surface area (Å²) in [4.78, 5) is 11.7. The molecule has 90 valence electrons. The number of rotatable bonds is 7. The van der Waals surface area contributed by atoms with E-state index >= 15 is 0 Å². The van der Waals surface area contributed by atoms with E-state index in [0.29, 0.717) is 12.2 Å². The summed E-state index contributed by atoms with van der Waals surface area (Å²) in [6.07, 6.45) is 3.21. The van der Waals surface area contributed by atoms with Crippen LogP contribution in [0.1, 0.15) is 37.2 Å². The summed E-state index contributed by atoms with van der Waals surface area (Å²) in [7, 11) is -1.03. The summed E-state index contributed by atoms with van der Waals surface area (Å²) in [5.41, 5.74) is 0. The van der Waals surface area contributed by atoms with Gasteiger partial charge in [-0.1, -0.05) is 38.5 Å². The first kappa shape index (κ1) is 13.2. The van der Waals surface area contributed by atoms with Crippen molar-refractivity contribution in [1.29, 1.82) is 0 Å². The molecule has 3 heteroatoms. The first-order valence-electron chi connectivity index (χ1n) is 6.18. The number of carbonyl (C=O) groups excluding carboxylic acids is 1. The Bertz CT molecular complexity index is 313. The Labute approximate surface area is 99.1 Å². The average Bonchev–Trinajstić information content (AvgIpc) is 2.82. The molecule has 0 fully saturated rings. The third kappa shape index (κ3) is 3.63. The standard InChI is InChI=1S/C13H22O2Si/c1-4-16(3,5-2)11-7-8-12(14)13-9-6-10-15-13/h6,9-10H,4-5,7-8,11H2,1-3H3. The van der Waals surface area contributed by atoms with E-state index in [-0.39, 0.29) is 5.78 Å². The first-order chi connectivity index (χ1) is 7.61. The van der Waals surface area contributed by atoms with Crippen LogP contribution < -0.4 is 0 Å². The maximum Gasteiger partial charge on any atom is 0.197 e. The predicted molar refractivity (Wildman–Crippen MR) is 69.7 cm³/mol. The van der Waals surface area contributed by atoms with Crippen LogP contribution in [0.15, 0.2) is 22.8 Å². The van der Waals surface area contributed by atoms with Gasteiger partial charge in [-0.15, -0.1) is 0 Å². The molecule has 0 amide bonds. The molecule has 0 aromatic carbocycles. The topological polar surface area (TPSA) is 30.2 Å². The van der Waals surface area contributed by atoms with Gasteiger partial charge in [-0.25, -0.2) is 0 Å². The second-order valence-electron chi connectivity index (χ2n) is 4.77. The van der Waals surface area contributed by atoms with E-state index in [1.807, 2.05) is 0 Å². The van der Waals surface area contributed by atoms with E-state index in [1.54, 1.807) is 18.4 Å². The van der Waals surface area contributed by atoms with Gasteiger partial charge in [0.1, 0.15) is 0 Å². The van der Waals surface area contributed by atoms with E-state index in [0.717, 1.165) is 6.42 Å². The van der Waals surface area contributed by atoms with E-state index in [1.165, 1.54) is 18.1 Å². The van der Waals surface area contributed by atoms with Crippen LogP contribution in [-0.4, -0.2) is 13.9 Å². The lowest BCUT2D eigenvalue weighted by molar-refractivity contribution is 0.0955. The summed E-state index contributed by atoms with van der Waals surface area (Å²) < 4.78 is 5.09. The highest BCUT2D eigenvalue weighted by molar-refractivity contribution is 6.78. The molecule has 0 atom stereocenters. The van der Waals surface area contributed by atoms with Crippen LogP contribution in [0.5, 0.6) is 0 Å². The zero-order chi connectivity index (χ0) is 12.0. The van der Waals surface area contributed by atoms with Crippen LogP contribution >= 0.6 is 0 Å². The number of hydrogen-bond acceptors (Lipinski definition) is 2. The summed E-state index contributed by atoms with van der Waals surface area (Å²) in [5.74, 6) is 0.657. The van der Waals surface area contributed by atoms with Crippen molar-refractivity contribution in [2.75, 3.05) is 0 Å². The minimum Gasteiger partial charge on any atom is -0.461 e. The zero-order valence-corrected chi connectivity index (χ0v) is 11.6. The lowest BCUT2D eigenvalue weighted by Gasteiger charge is -2.23. The van der Waals surface area contributed by atoms with E-state index in [9.17, 15) is 4.79 Å². The van der Waals surface area contributed by atoms with Gasteiger partial charge in [-0.3, -0.25) is 4.79 Å². The second-order valence-corrected chi connectivity index (χ2v) is 10.3. The highest BCUT2D eigenvalue weighted by Gasteiger charge is 2.22. The highest BCUT2D eigenvalue weighted by Crippen LogP contribution is 2.23. The molecule has 0 aliphatic carbocycles. The van der Waals surface area contributed by atoms with Gasteiger partial charge in [-0.05, 0) is 18.6 Å². The Balaban J connectivity index is 2.33. The first-order valence-corrected chi connectivity index (χ1v) is 9.30. The maximum atomic E-state index is 11.7. The molecular formula is C13H22O2Si. The molecule has 0 radical (unpaired) electrons. The van der Waals surface area contributed by atoms with Crippen LogP contribution in [0.25, 0.3) is 0 Å². The Kier molecular flexibility index (Phi) is 4.99. The zero-order valence-electron chi connectivity index (χ0n) is 10.6. The quantitative estimate of drug-likeness (QED) is 0.522. The minimum atomic E-state index is -1.03. The molecule has 16 heavy (non-hydrogen) atoms. The SMILES string of the molecule is CC[Si](C)(CC)CCCC(=O)c1ccco1. The van der Waals surface area contributed by atoms with Gasteiger partial charge < -0.3 is 4.42 Å². The van der Waals surface area contributed by atoms with E-state index < -0.39 is 8.07 Å². The van der Waals surface area contributed by atoms with Gasteiger partial charge in [0.25, 0.3) is 0 Å². The molecule has 0 bridgehead atoms. The van der Waals surface area contributed by atoms with Crippen molar-refractivity contribution < 1.29 is 9.21 Å². The largest absolute Gasteiger partial charge is 0.461 e. The summed E-state index contributed by atoms with van der Waals surface area (Å²) in [6.45, 7) is 7.00. The molecule has 1 heterocycles. The third-order valence-electron chi connectivity index (χ3n) is 3.69. The van der Waals surface area contributed by atoms with E-state index in [4.69, 9.17) is 4.42 Å². The fourth-order valence-corrected chi connectivity index (χ4v) is 4.08. The van der Waals surface area contributed by atoms with Gasteiger partial charge in [0.15, 0.2) is 11.5 Å². The Morgan fingerprint density at radius 3 is 2.56 bits per heavy atom. The number of furan rings is 1. The van der Waals surface area contributed by atoms with Crippen LogP contribution in [-0.2, 0) is 0 Å². The highest BCUT2D eigenvalue weighted by atomic mass is 28.3. The van der Waals surface area contributed by atoms with Crippen LogP contribution in [0, 0.1) is 0 Å². The van der Waals surface area contributed by atoms with Gasteiger partial charge >= 0.3 is 0 Å². The van der Waals surface area contributed by atoms with Crippen molar-refractivity contribution in [1.82, 2.24) is 0 Å². The Hall–Kier alpha value is -0.833. The van der Waals surface area contributed by atoms with Crippen molar-refractivity contribution in [2.45, 2.75) is 51.4 Å². The monoisotopic (exact) mass is 238 g/mol. The van der Waals surface area contributed by atoms with E-state index in [2.05, 4.69) is 20.4 Å². The number of carbonyl (C=O) groups is 1. The van der Waals surface area contributed by atoms with Crippen LogP contribution in [0.4, 0.5) is 0 Å². The maximum absolute atomic E-state index is 11.7. The minimum absolute atomic E-state index is 0.147. The number of hydrogen-bond donors (Lipinski definition) is 0. The second kappa shape index (κ2) is 6.04. The van der Waals surface area contributed by atoms with Crippen molar-refractivity contribution >= 4 is 13.9 Å². The van der Waals surface area contributed by atoms with Gasteiger partial charge in [0.2, 0.25) is 0 Å². The molecule has 0 aliphatic rings. The smallest absolute Gasteiger partial charge is 0.197 e. The molecule has 1 aromatic heterocycles. The molecule has 0 saturated carbocycles. The molecule has 0 aliphatic heterocycles. The lowest BCUT2D eigenvalue weighted by Crippen LogP contribution is -2.27. The molecule has 1 aromatic rings. The number of ketones is 1. The lowest BCUT2D eigenvalue weighted by atomic mass is 10.2. The number of Topliss-reactive ketones (excluding diaryl/α,β-unsaturated/α-hetero) is 1. The van der Waals surface area contributed by atoms with Crippen molar-refractivity contribution in [3.63, 3.8) is 0 Å². The predicted octanol–water partition coefficient (Wildman–Crippen LogP) is 4.36. The Morgan fingerprint density at radius 1 is 1.38 bits per heavy atom. The fourth-order valence-electron chi connectivity index (χ4n) is 1.84. The molecule has 1 rings (SSSR count). The third-order valence-corrected chi connectivity index (χ3v) is 8.66. The fraction of sp³-hybridized carbons (Fsp3) is 0.615. The van der Waals surface area contributed by atoms with Crippen LogP contribution in [0.2, 0.25) is 24.7 Å².